The highest BCUT2D eigenvalue weighted by Crippen LogP contribution is 2.41. The highest BCUT2D eigenvalue weighted by Gasteiger charge is 2.51. The van der Waals surface area contributed by atoms with Gasteiger partial charge in [-0.05, 0) is 75.3 Å². The van der Waals surface area contributed by atoms with Crippen LogP contribution < -0.4 is 0 Å². The fraction of sp³-hybridized carbons (Fsp3) is 0.500. The number of aliphatic hydroxyl groups is 1. The number of carbonyl (C=O) groups is 1. The van der Waals surface area contributed by atoms with Gasteiger partial charge < -0.3 is 10.0 Å². The molecular weight excluding hydrogens is 424 g/mol. The molecule has 1 N–H and O–H groups in total. The van der Waals surface area contributed by atoms with Crippen molar-refractivity contribution in [3.63, 3.8) is 0 Å². The van der Waals surface area contributed by atoms with Gasteiger partial charge in [0.1, 0.15) is 5.82 Å². The summed E-state index contributed by atoms with van der Waals surface area (Å²) in [6.45, 7) is 0.698. The molecule has 1 unspecified atom stereocenters. The zero-order valence-corrected chi connectivity index (χ0v) is 17.8. The Morgan fingerprint density at radius 1 is 1.00 bits per heavy atom. The molecule has 32 heavy (non-hydrogen) atoms. The Labute approximate surface area is 184 Å². The van der Waals surface area contributed by atoms with E-state index >= 15 is 0 Å². The number of hydrogen-bond donors (Lipinski definition) is 1. The van der Waals surface area contributed by atoms with E-state index in [1.54, 1.807) is 12.3 Å². The molecular formula is C24H26F4N2O2. The maximum absolute atomic E-state index is 14.1. The number of alkyl halides is 3. The second-order valence-electron chi connectivity index (χ2n) is 8.97. The molecule has 2 fully saturated rings. The first-order chi connectivity index (χ1) is 15.1. The molecule has 0 radical (unpaired) electrons. The predicted molar refractivity (Wildman–Crippen MR) is 110 cm³/mol. The molecule has 1 aromatic heterocycles. The van der Waals surface area contributed by atoms with Gasteiger partial charge in [-0.2, -0.15) is 13.2 Å². The van der Waals surface area contributed by atoms with E-state index in [1.807, 2.05) is 4.90 Å². The largest absolute Gasteiger partial charge is 0.421 e. The molecule has 2 saturated carbocycles. The zero-order valence-electron chi connectivity index (χ0n) is 17.8. The highest BCUT2D eigenvalue weighted by molar-refractivity contribution is 5.95. The second kappa shape index (κ2) is 8.46. The third-order valence-corrected chi connectivity index (χ3v) is 6.68. The van der Waals surface area contributed by atoms with Crippen LogP contribution in [0.15, 0.2) is 42.6 Å². The fourth-order valence-electron chi connectivity index (χ4n) is 4.56. The van der Waals surface area contributed by atoms with E-state index in [4.69, 9.17) is 0 Å². The molecule has 4 nitrogen and oxygen atoms in total. The number of hydrogen-bond acceptors (Lipinski definition) is 3. The maximum Gasteiger partial charge on any atom is 0.421 e. The summed E-state index contributed by atoms with van der Waals surface area (Å²) in [5.41, 5.74) is -2.51. The second-order valence-corrected chi connectivity index (χ2v) is 8.97. The van der Waals surface area contributed by atoms with Crippen LogP contribution in [-0.4, -0.2) is 39.2 Å². The number of nitrogens with zero attached hydrogens (tertiary/aromatic N) is 2. The Kier molecular flexibility index (Phi) is 6.00. The first-order valence-corrected chi connectivity index (χ1v) is 10.9. The number of halogens is 4. The average Bonchev–Trinajstić information content (AvgIpc) is 3.59. The molecule has 1 amide bonds. The standard InChI is InChI=1S/C24H26F4N2O2/c1-23(32,24(26,27)28)17-8-4-16(5-9-17)22(31)30(19-12-13-19)18-10-6-15(7-11-18)21-20(25)3-2-14-29-21/h2-5,8-9,14-15,18-19,32H,6-7,10-13H2,1H3. The van der Waals surface area contributed by atoms with Crippen LogP contribution in [0.3, 0.4) is 0 Å². The summed E-state index contributed by atoms with van der Waals surface area (Å²) in [6.07, 6.45) is 1.48. The van der Waals surface area contributed by atoms with E-state index in [0.717, 1.165) is 50.7 Å². The van der Waals surface area contributed by atoms with Gasteiger partial charge in [-0.15, -0.1) is 0 Å². The van der Waals surface area contributed by atoms with Gasteiger partial charge in [-0.1, -0.05) is 12.1 Å². The molecule has 1 aromatic carbocycles. The molecule has 1 heterocycles. The van der Waals surface area contributed by atoms with E-state index < -0.39 is 11.8 Å². The van der Waals surface area contributed by atoms with Gasteiger partial charge in [-0.3, -0.25) is 9.78 Å². The van der Waals surface area contributed by atoms with Crippen LogP contribution in [0.5, 0.6) is 0 Å². The van der Waals surface area contributed by atoms with Crippen LogP contribution in [-0.2, 0) is 5.60 Å². The molecule has 8 heteroatoms. The topological polar surface area (TPSA) is 53.4 Å². The van der Waals surface area contributed by atoms with Crippen LogP contribution in [0, 0.1) is 5.82 Å². The van der Waals surface area contributed by atoms with Gasteiger partial charge in [0.25, 0.3) is 5.91 Å². The number of benzene rings is 1. The monoisotopic (exact) mass is 450 g/mol. The molecule has 0 spiro atoms. The smallest absolute Gasteiger partial charge is 0.376 e. The van der Waals surface area contributed by atoms with Gasteiger partial charge >= 0.3 is 6.18 Å². The number of carbonyl (C=O) groups excluding carboxylic acids is 1. The van der Waals surface area contributed by atoms with Crippen molar-refractivity contribution < 1.29 is 27.5 Å². The third kappa shape index (κ3) is 4.37. The lowest BCUT2D eigenvalue weighted by Crippen LogP contribution is -2.44. The van der Waals surface area contributed by atoms with Gasteiger partial charge in [0.05, 0.1) is 5.69 Å². The molecule has 0 bridgehead atoms. The quantitative estimate of drug-likeness (QED) is 0.628. The van der Waals surface area contributed by atoms with Crippen molar-refractivity contribution in [3.05, 3.63) is 65.2 Å². The fourth-order valence-corrected chi connectivity index (χ4v) is 4.56. The van der Waals surface area contributed by atoms with Crippen LogP contribution >= 0.6 is 0 Å². The van der Waals surface area contributed by atoms with E-state index in [2.05, 4.69) is 4.98 Å². The summed E-state index contributed by atoms with van der Waals surface area (Å²) in [6, 6.07) is 8.14. The van der Waals surface area contributed by atoms with E-state index in [1.165, 1.54) is 18.2 Å². The van der Waals surface area contributed by atoms with Crippen LogP contribution in [0.25, 0.3) is 0 Å². The SMILES string of the molecule is CC(O)(c1ccc(C(=O)N(C2CCC(c3ncccc3F)CC2)C2CC2)cc1)C(F)(F)F. The Morgan fingerprint density at radius 2 is 1.56 bits per heavy atom. The Hall–Kier alpha value is -2.48. The number of rotatable bonds is 5. The number of amides is 1. The summed E-state index contributed by atoms with van der Waals surface area (Å²) in [5, 5.41) is 9.85. The van der Waals surface area contributed by atoms with E-state index in [-0.39, 0.29) is 35.3 Å². The molecule has 2 aromatic rings. The molecule has 2 aliphatic rings. The van der Waals surface area contributed by atoms with Gasteiger partial charge in [-0.25, -0.2) is 4.39 Å². The van der Waals surface area contributed by atoms with Crippen molar-refractivity contribution in [1.82, 2.24) is 9.88 Å². The summed E-state index contributed by atoms with van der Waals surface area (Å²) in [5.74, 6) is -0.494. The highest BCUT2D eigenvalue weighted by atomic mass is 19.4. The zero-order chi connectivity index (χ0) is 23.1. The van der Waals surface area contributed by atoms with Crippen molar-refractivity contribution in [3.8, 4) is 0 Å². The van der Waals surface area contributed by atoms with Crippen LogP contribution in [0.4, 0.5) is 17.6 Å². The minimum atomic E-state index is -4.82. The first kappa shape index (κ1) is 22.7. The molecule has 1 atom stereocenters. The molecule has 0 aliphatic heterocycles. The minimum absolute atomic E-state index is 0.0102. The lowest BCUT2D eigenvalue weighted by Gasteiger charge is -2.37. The first-order valence-electron chi connectivity index (χ1n) is 10.9. The molecule has 4 rings (SSSR count). The summed E-state index contributed by atoms with van der Waals surface area (Å²) in [4.78, 5) is 19.3. The number of pyridine rings is 1. The summed E-state index contributed by atoms with van der Waals surface area (Å²) in [7, 11) is 0. The molecule has 2 aliphatic carbocycles. The Bertz CT molecular complexity index is 963. The maximum atomic E-state index is 14.1. The van der Waals surface area contributed by atoms with Crippen molar-refractivity contribution in [2.45, 2.75) is 75.2 Å². The van der Waals surface area contributed by atoms with Crippen LogP contribution in [0.2, 0.25) is 0 Å². The van der Waals surface area contributed by atoms with Gasteiger partial charge in [0.2, 0.25) is 0 Å². The van der Waals surface area contributed by atoms with Gasteiger partial charge in [0, 0.05) is 29.8 Å². The minimum Gasteiger partial charge on any atom is -0.376 e. The van der Waals surface area contributed by atoms with Crippen molar-refractivity contribution in [2.75, 3.05) is 0 Å². The Morgan fingerprint density at radius 3 is 2.06 bits per heavy atom. The summed E-state index contributed by atoms with van der Waals surface area (Å²) < 4.78 is 53.4. The van der Waals surface area contributed by atoms with Crippen molar-refractivity contribution in [1.29, 1.82) is 0 Å². The normalized spacial score (nSPS) is 23.4. The average molecular weight is 450 g/mol. The van der Waals surface area contributed by atoms with Crippen molar-refractivity contribution in [2.24, 2.45) is 0 Å². The lowest BCUT2D eigenvalue weighted by atomic mass is 9.82. The van der Waals surface area contributed by atoms with Gasteiger partial charge in [0.15, 0.2) is 5.60 Å². The van der Waals surface area contributed by atoms with E-state index in [9.17, 15) is 27.5 Å². The van der Waals surface area contributed by atoms with E-state index in [0.29, 0.717) is 18.2 Å². The molecule has 0 saturated heterocycles. The predicted octanol–water partition coefficient (Wildman–Crippen LogP) is 5.32. The molecule has 172 valence electrons. The third-order valence-electron chi connectivity index (χ3n) is 6.68. The van der Waals surface area contributed by atoms with Crippen LogP contribution in [0.1, 0.15) is 73.0 Å². The summed E-state index contributed by atoms with van der Waals surface area (Å²) >= 11 is 0. The van der Waals surface area contributed by atoms with Crippen molar-refractivity contribution >= 4 is 5.91 Å². The number of aromatic nitrogens is 1. The Balaban J connectivity index is 1.47. The lowest BCUT2D eigenvalue weighted by molar-refractivity contribution is -0.258.